The fourth-order valence-corrected chi connectivity index (χ4v) is 1.83. The molecule has 6 nitrogen and oxygen atoms in total. The van der Waals surface area contributed by atoms with Crippen molar-refractivity contribution in [3.63, 3.8) is 0 Å². The smallest absolute Gasteiger partial charge is 0.143 e. The molecular formula is C14H21N5O. The van der Waals surface area contributed by atoms with Crippen molar-refractivity contribution >= 4 is 0 Å². The lowest BCUT2D eigenvalue weighted by molar-refractivity contribution is 0.0533. The van der Waals surface area contributed by atoms with Crippen LogP contribution < -0.4 is 5.32 Å². The number of benzene rings is 1. The summed E-state index contributed by atoms with van der Waals surface area (Å²) in [5.41, 5.74) is 1.37. The SMILES string of the molecule is CCC(C)(O)CNC(C)c1cccc(-n2cnnn2)c1. The molecule has 0 aliphatic carbocycles. The number of aliphatic hydroxyl groups is 1. The third kappa shape index (κ3) is 3.61. The normalized spacial score (nSPS) is 15.8. The molecule has 1 heterocycles. The molecule has 108 valence electrons. The Morgan fingerprint density at radius 2 is 2.25 bits per heavy atom. The van der Waals surface area contributed by atoms with E-state index in [1.165, 1.54) is 0 Å². The van der Waals surface area contributed by atoms with E-state index in [1.54, 1.807) is 11.0 Å². The van der Waals surface area contributed by atoms with Gasteiger partial charge in [-0.2, -0.15) is 0 Å². The van der Waals surface area contributed by atoms with Gasteiger partial charge in [-0.15, -0.1) is 5.10 Å². The molecule has 0 bridgehead atoms. The second-order valence-corrected chi connectivity index (χ2v) is 5.30. The molecule has 0 aliphatic rings. The van der Waals surface area contributed by atoms with E-state index in [9.17, 15) is 5.11 Å². The highest BCUT2D eigenvalue weighted by Crippen LogP contribution is 2.17. The van der Waals surface area contributed by atoms with Crippen molar-refractivity contribution in [1.82, 2.24) is 25.5 Å². The highest BCUT2D eigenvalue weighted by molar-refractivity contribution is 5.35. The fraction of sp³-hybridized carbons (Fsp3) is 0.500. The highest BCUT2D eigenvalue weighted by Gasteiger charge is 2.18. The van der Waals surface area contributed by atoms with E-state index in [4.69, 9.17) is 0 Å². The third-order valence-corrected chi connectivity index (χ3v) is 3.53. The lowest BCUT2D eigenvalue weighted by atomic mass is 10.0. The van der Waals surface area contributed by atoms with Crippen LogP contribution in [0.3, 0.4) is 0 Å². The minimum Gasteiger partial charge on any atom is -0.389 e. The van der Waals surface area contributed by atoms with E-state index in [2.05, 4.69) is 27.8 Å². The van der Waals surface area contributed by atoms with Gasteiger partial charge < -0.3 is 10.4 Å². The first-order chi connectivity index (χ1) is 9.52. The maximum Gasteiger partial charge on any atom is 0.143 e. The number of hydrogen-bond acceptors (Lipinski definition) is 5. The molecule has 1 aromatic heterocycles. The molecule has 2 atom stereocenters. The molecule has 1 aromatic carbocycles. The van der Waals surface area contributed by atoms with E-state index >= 15 is 0 Å². The van der Waals surface area contributed by atoms with Crippen LogP contribution in [-0.2, 0) is 0 Å². The Bertz CT molecular complexity index is 538. The number of rotatable bonds is 6. The van der Waals surface area contributed by atoms with Crippen LogP contribution in [0.5, 0.6) is 0 Å². The van der Waals surface area contributed by atoms with Gasteiger partial charge in [-0.3, -0.25) is 0 Å². The van der Waals surface area contributed by atoms with Crippen LogP contribution in [0.2, 0.25) is 0 Å². The first-order valence-corrected chi connectivity index (χ1v) is 6.81. The Morgan fingerprint density at radius 3 is 2.90 bits per heavy atom. The zero-order chi connectivity index (χ0) is 14.6. The van der Waals surface area contributed by atoms with Crippen LogP contribution in [0.1, 0.15) is 38.8 Å². The fourth-order valence-electron chi connectivity index (χ4n) is 1.83. The van der Waals surface area contributed by atoms with E-state index in [-0.39, 0.29) is 6.04 Å². The molecule has 0 amide bonds. The van der Waals surface area contributed by atoms with Crippen molar-refractivity contribution in [3.8, 4) is 5.69 Å². The Kier molecular flexibility index (Phi) is 4.46. The molecule has 0 saturated carbocycles. The second kappa shape index (κ2) is 6.11. The molecule has 0 aliphatic heterocycles. The molecule has 20 heavy (non-hydrogen) atoms. The standard InChI is InChI=1S/C14H21N5O/c1-4-14(3,20)9-15-11(2)12-6-5-7-13(8-12)19-10-16-17-18-19/h5-8,10-11,15,20H,4,9H2,1-3H3. The minimum atomic E-state index is -0.679. The number of nitrogens with zero attached hydrogens (tertiary/aromatic N) is 4. The first kappa shape index (κ1) is 14.6. The summed E-state index contributed by atoms with van der Waals surface area (Å²) in [4.78, 5) is 0. The third-order valence-electron chi connectivity index (χ3n) is 3.53. The molecule has 0 fully saturated rings. The number of hydrogen-bond donors (Lipinski definition) is 2. The van der Waals surface area contributed by atoms with Crippen LogP contribution in [0, 0.1) is 0 Å². The van der Waals surface area contributed by atoms with Crippen molar-refractivity contribution in [3.05, 3.63) is 36.2 Å². The monoisotopic (exact) mass is 275 g/mol. The Labute approximate surface area is 118 Å². The molecular weight excluding hydrogens is 254 g/mol. The molecule has 2 N–H and O–H groups in total. The van der Waals surface area contributed by atoms with Gasteiger partial charge in [-0.1, -0.05) is 19.1 Å². The Morgan fingerprint density at radius 1 is 1.45 bits per heavy atom. The predicted molar refractivity (Wildman–Crippen MR) is 76.5 cm³/mol. The number of aromatic nitrogens is 4. The van der Waals surface area contributed by atoms with Gasteiger partial charge in [0.05, 0.1) is 11.3 Å². The summed E-state index contributed by atoms with van der Waals surface area (Å²) in [6.07, 6.45) is 2.29. The van der Waals surface area contributed by atoms with Crippen LogP contribution in [0.4, 0.5) is 0 Å². The predicted octanol–water partition coefficient (Wildman–Crippen LogP) is 1.47. The van der Waals surface area contributed by atoms with Gasteiger partial charge in [0.2, 0.25) is 0 Å². The molecule has 0 saturated heterocycles. The van der Waals surface area contributed by atoms with E-state index in [0.29, 0.717) is 6.54 Å². The lowest BCUT2D eigenvalue weighted by Gasteiger charge is -2.25. The molecule has 6 heteroatoms. The molecule has 0 spiro atoms. The van der Waals surface area contributed by atoms with E-state index in [1.807, 2.05) is 38.1 Å². The summed E-state index contributed by atoms with van der Waals surface area (Å²) >= 11 is 0. The van der Waals surface area contributed by atoms with E-state index in [0.717, 1.165) is 17.7 Å². The summed E-state index contributed by atoms with van der Waals surface area (Å²) in [5.74, 6) is 0. The first-order valence-electron chi connectivity index (χ1n) is 6.81. The van der Waals surface area contributed by atoms with Gasteiger partial charge in [-0.05, 0) is 48.4 Å². The zero-order valence-electron chi connectivity index (χ0n) is 12.1. The van der Waals surface area contributed by atoms with Crippen molar-refractivity contribution in [2.45, 2.75) is 38.8 Å². The molecule has 2 aromatic rings. The maximum absolute atomic E-state index is 10.0. The van der Waals surface area contributed by atoms with Crippen LogP contribution >= 0.6 is 0 Å². The Balaban J connectivity index is 2.07. The van der Waals surface area contributed by atoms with Crippen molar-refractivity contribution in [2.24, 2.45) is 0 Å². The average Bonchev–Trinajstić information content (AvgIpc) is 2.99. The van der Waals surface area contributed by atoms with Crippen LogP contribution in [0.25, 0.3) is 5.69 Å². The minimum absolute atomic E-state index is 0.143. The van der Waals surface area contributed by atoms with Crippen LogP contribution in [0.15, 0.2) is 30.6 Å². The number of nitrogens with one attached hydrogen (secondary N) is 1. The second-order valence-electron chi connectivity index (χ2n) is 5.30. The maximum atomic E-state index is 10.0. The Hall–Kier alpha value is -1.79. The largest absolute Gasteiger partial charge is 0.389 e. The molecule has 0 radical (unpaired) electrons. The summed E-state index contributed by atoms with van der Waals surface area (Å²) in [6.45, 7) is 6.44. The van der Waals surface area contributed by atoms with Crippen molar-refractivity contribution in [2.75, 3.05) is 6.54 Å². The average molecular weight is 275 g/mol. The van der Waals surface area contributed by atoms with Gasteiger partial charge >= 0.3 is 0 Å². The van der Waals surface area contributed by atoms with E-state index < -0.39 is 5.60 Å². The number of tetrazole rings is 1. The van der Waals surface area contributed by atoms with Gasteiger partial charge in [0, 0.05) is 12.6 Å². The van der Waals surface area contributed by atoms with Crippen molar-refractivity contribution < 1.29 is 5.11 Å². The summed E-state index contributed by atoms with van der Waals surface area (Å²) in [6, 6.07) is 8.16. The van der Waals surface area contributed by atoms with Crippen LogP contribution in [-0.4, -0.2) is 37.5 Å². The van der Waals surface area contributed by atoms with Gasteiger partial charge in [0.1, 0.15) is 6.33 Å². The topological polar surface area (TPSA) is 75.9 Å². The highest BCUT2D eigenvalue weighted by atomic mass is 16.3. The summed E-state index contributed by atoms with van der Waals surface area (Å²) in [5, 5.41) is 24.5. The van der Waals surface area contributed by atoms with Gasteiger partial charge in [-0.25, -0.2) is 4.68 Å². The lowest BCUT2D eigenvalue weighted by Crippen LogP contribution is -2.38. The summed E-state index contributed by atoms with van der Waals surface area (Å²) in [7, 11) is 0. The molecule has 2 unspecified atom stereocenters. The van der Waals surface area contributed by atoms with Gasteiger partial charge in [0.15, 0.2) is 0 Å². The van der Waals surface area contributed by atoms with Gasteiger partial charge in [0.25, 0.3) is 0 Å². The summed E-state index contributed by atoms with van der Waals surface area (Å²) < 4.78 is 1.62. The van der Waals surface area contributed by atoms with Crippen molar-refractivity contribution in [1.29, 1.82) is 0 Å². The quantitative estimate of drug-likeness (QED) is 0.835. The molecule has 2 rings (SSSR count). The zero-order valence-corrected chi connectivity index (χ0v) is 12.1.